The normalized spacial score (nSPS) is 15.3. The number of nitrogens with one attached hydrogen (secondary N) is 1. The maximum absolute atomic E-state index is 12.9. The van der Waals surface area contributed by atoms with Crippen LogP contribution in [0.5, 0.6) is 0 Å². The van der Waals surface area contributed by atoms with E-state index in [1.165, 1.54) is 12.1 Å². The van der Waals surface area contributed by atoms with E-state index in [9.17, 15) is 9.18 Å². The van der Waals surface area contributed by atoms with Gasteiger partial charge in [0.2, 0.25) is 5.91 Å². The zero-order valence-electron chi connectivity index (χ0n) is 13.2. The SMILES string of the molecule is O=C(NCc1ccc(F)cc1)C1CCN(c2cncc(Br)c2)CC1. The van der Waals surface area contributed by atoms with Gasteiger partial charge in [0.1, 0.15) is 5.82 Å². The van der Waals surface area contributed by atoms with E-state index in [2.05, 4.69) is 31.1 Å². The van der Waals surface area contributed by atoms with E-state index in [0.29, 0.717) is 6.54 Å². The molecule has 0 saturated carbocycles. The smallest absolute Gasteiger partial charge is 0.223 e. The van der Waals surface area contributed by atoms with Crippen molar-refractivity contribution in [3.63, 3.8) is 0 Å². The van der Waals surface area contributed by atoms with Crippen molar-refractivity contribution in [2.75, 3.05) is 18.0 Å². The fraction of sp³-hybridized carbons (Fsp3) is 0.333. The predicted octanol–water partition coefficient (Wildman–Crippen LogP) is 3.52. The van der Waals surface area contributed by atoms with Crippen LogP contribution in [0.2, 0.25) is 0 Å². The summed E-state index contributed by atoms with van der Waals surface area (Å²) in [5.74, 6) is -0.160. The molecule has 2 aromatic rings. The molecule has 1 aromatic carbocycles. The standard InChI is InChI=1S/C18H19BrFN3O/c19-15-9-17(12-21-11-15)23-7-5-14(6-8-23)18(24)22-10-13-1-3-16(20)4-2-13/h1-4,9,11-12,14H,5-8,10H2,(H,22,24). The van der Waals surface area contributed by atoms with Gasteiger partial charge < -0.3 is 10.2 Å². The largest absolute Gasteiger partial charge is 0.370 e. The summed E-state index contributed by atoms with van der Waals surface area (Å²) in [7, 11) is 0. The molecule has 1 aliphatic heterocycles. The van der Waals surface area contributed by atoms with Gasteiger partial charge in [-0.3, -0.25) is 9.78 Å². The van der Waals surface area contributed by atoms with Gasteiger partial charge in [-0.05, 0) is 52.5 Å². The molecule has 3 rings (SSSR count). The highest BCUT2D eigenvalue weighted by Gasteiger charge is 2.25. The molecule has 0 bridgehead atoms. The molecule has 1 aromatic heterocycles. The molecule has 4 nitrogen and oxygen atoms in total. The Labute approximate surface area is 149 Å². The van der Waals surface area contributed by atoms with Gasteiger partial charge in [0, 0.05) is 36.2 Å². The number of hydrogen-bond acceptors (Lipinski definition) is 3. The van der Waals surface area contributed by atoms with Crippen LogP contribution in [0.4, 0.5) is 10.1 Å². The number of carbonyl (C=O) groups is 1. The quantitative estimate of drug-likeness (QED) is 0.866. The molecule has 1 aliphatic rings. The Hall–Kier alpha value is -1.95. The first-order chi connectivity index (χ1) is 11.6. The summed E-state index contributed by atoms with van der Waals surface area (Å²) in [5, 5.41) is 2.95. The average molecular weight is 392 g/mol. The Morgan fingerprint density at radius 3 is 2.62 bits per heavy atom. The maximum Gasteiger partial charge on any atom is 0.223 e. The van der Waals surface area contributed by atoms with E-state index in [1.54, 1.807) is 18.3 Å². The Balaban J connectivity index is 1.49. The lowest BCUT2D eigenvalue weighted by Gasteiger charge is -2.32. The third kappa shape index (κ3) is 4.32. The monoisotopic (exact) mass is 391 g/mol. The minimum Gasteiger partial charge on any atom is -0.370 e. The van der Waals surface area contributed by atoms with Crippen molar-refractivity contribution in [3.05, 3.63) is 58.6 Å². The molecule has 0 unspecified atom stereocenters. The fourth-order valence-corrected chi connectivity index (χ4v) is 3.26. The molecule has 1 fully saturated rings. The Bertz CT molecular complexity index is 700. The number of anilines is 1. The van der Waals surface area contributed by atoms with Crippen molar-refractivity contribution in [2.45, 2.75) is 19.4 Å². The lowest BCUT2D eigenvalue weighted by molar-refractivity contribution is -0.125. The van der Waals surface area contributed by atoms with Crippen LogP contribution in [-0.4, -0.2) is 24.0 Å². The van der Waals surface area contributed by atoms with Crippen LogP contribution >= 0.6 is 15.9 Å². The average Bonchev–Trinajstić information content (AvgIpc) is 2.61. The Morgan fingerprint density at radius 2 is 1.96 bits per heavy atom. The second kappa shape index (κ2) is 7.75. The van der Waals surface area contributed by atoms with Crippen molar-refractivity contribution >= 4 is 27.5 Å². The van der Waals surface area contributed by atoms with Crippen molar-refractivity contribution in [3.8, 4) is 0 Å². The van der Waals surface area contributed by atoms with Gasteiger partial charge in [0.25, 0.3) is 0 Å². The fourth-order valence-electron chi connectivity index (χ4n) is 2.91. The van der Waals surface area contributed by atoms with E-state index in [-0.39, 0.29) is 17.6 Å². The number of rotatable bonds is 4. The van der Waals surface area contributed by atoms with Gasteiger partial charge in [0.05, 0.1) is 11.9 Å². The number of carbonyl (C=O) groups excluding carboxylic acids is 1. The number of amides is 1. The van der Waals surface area contributed by atoms with Crippen molar-refractivity contribution in [1.82, 2.24) is 10.3 Å². The lowest BCUT2D eigenvalue weighted by Crippen LogP contribution is -2.40. The molecular formula is C18H19BrFN3O. The first-order valence-electron chi connectivity index (χ1n) is 7.99. The van der Waals surface area contributed by atoms with Crippen LogP contribution in [0.25, 0.3) is 0 Å². The van der Waals surface area contributed by atoms with E-state index in [1.807, 2.05) is 12.3 Å². The zero-order chi connectivity index (χ0) is 16.9. The second-order valence-electron chi connectivity index (χ2n) is 5.97. The molecule has 2 heterocycles. The third-order valence-corrected chi connectivity index (χ3v) is 4.74. The molecule has 24 heavy (non-hydrogen) atoms. The van der Waals surface area contributed by atoms with Gasteiger partial charge in [-0.1, -0.05) is 12.1 Å². The van der Waals surface area contributed by atoms with Crippen LogP contribution in [0, 0.1) is 11.7 Å². The van der Waals surface area contributed by atoms with Crippen LogP contribution in [0.1, 0.15) is 18.4 Å². The van der Waals surface area contributed by atoms with Gasteiger partial charge in [0.15, 0.2) is 0 Å². The molecule has 0 radical (unpaired) electrons. The van der Waals surface area contributed by atoms with Crippen molar-refractivity contribution < 1.29 is 9.18 Å². The molecule has 1 N–H and O–H groups in total. The molecular weight excluding hydrogens is 373 g/mol. The van der Waals surface area contributed by atoms with Crippen molar-refractivity contribution in [1.29, 1.82) is 0 Å². The van der Waals surface area contributed by atoms with Gasteiger partial charge >= 0.3 is 0 Å². The number of aromatic nitrogens is 1. The number of pyridine rings is 1. The van der Waals surface area contributed by atoms with Crippen molar-refractivity contribution in [2.24, 2.45) is 5.92 Å². The van der Waals surface area contributed by atoms with Gasteiger partial charge in [-0.15, -0.1) is 0 Å². The van der Waals surface area contributed by atoms with Crippen LogP contribution in [0.15, 0.2) is 47.2 Å². The minimum atomic E-state index is -0.264. The number of benzene rings is 1. The Kier molecular flexibility index (Phi) is 5.45. The maximum atomic E-state index is 12.9. The minimum absolute atomic E-state index is 0.0295. The second-order valence-corrected chi connectivity index (χ2v) is 6.88. The molecule has 1 saturated heterocycles. The topological polar surface area (TPSA) is 45.2 Å². The highest BCUT2D eigenvalue weighted by Crippen LogP contribution is 2.24. The molecule has 0 spiro atoms. The van der Waals surface area contributed by atoms with Crippen LogP contribution in [0.3, 0.4) is 0 Å². The zero-order valence-corrected chi connectivity index (χ0v) is 14.8. The molecule has 126 valence electrons. The molecule has 0 atom stereocenters. The summed E-state index contributed by atoms with van der Waals surface area (Å²) >= 11 is 3.43. The van der Waals surface area contributed by atoms with E-state index < -0.39 is 0 Å². The van der Waals surface area contributed by atoms with E-state index in [0.717, 1.165) is 41.7 Å². The summed E-state index contributed by atoms with van der Waals surface area (Å²) < 4.78 is 13.8. The number of piperidine rings is 1. The van der Waals surface area contributed by atoms with E-state index in [4.69, 9.17) is 0 Å². The lowest BCUT2D eigenvalue weighted by atomic mass is 9.95. The highest BCUT2D eigenvalue weighted by atomic mass is 79.9. The number of nitrogens with zero attached hydrogens (tertiary/aromatic N) is 2. The first kappa shape index (κ1) is 16.9. The third-order valence-electron chi connectivity index (χ3n) is 4.30. The van der Waals surface area contributed by atoms with Gasteiger partial charge in [-0.25, -0.2) is 4.39 Å². The molecule has 6 heteroatoms. The molecule has 0 aliphatic carbocycles. The van der Waals surface area contributed by atoms with Crippen LogP contribution in [-0.2, 0) is 11.3 Å². The number of halogens is 2. The summed E-state index contributed by atoms with van der Waals surface area (Å²) in [6.07, 6.45) is 5.25. The highest BCUT2D eigenvalue weighted by molar-refractivity contribution is 9.10. The molecule has 1 amide bonds. The number of hydrogen-bond donors (Lipinski definition) is 1. The summed E-state index contributed by atoms with van der Waals surface area (Å²) in [6.45, 7) is 2.12. The first-order valence-corrected chi connectivity index (χ1v) is 8.79. The van der Waals surface area contributed by atoms with Gasteiger partial charge in [-0.2, -0.15) is 0 Å². The van der Waals surface area contributed by atoms with Crippen LogP contribution < -0.4 is 10.2 Å². The summed E-state index contributed by atoms with van der Waals surface area (Å²) in [5.41, 5.74) is 1.98. The predicted molar refractivity (Wildman–Crippen MR) is 95.1 cm³/mol. The summed E-state index contributed by atoms with van der Waals surface area (Å²) in [4.78, 5) is 18.8. The summed E-state index contributed by atoms with van der Waals surface area (Å²) in [6, 6.07) is 8.25. The van der Waals surface area contributed by atoms with E-state index >= 15 is 0 Å². The Morgan fingerprint density at radius 1 is 1.25 bits per heavy atom.